The molecule has 0 heterocycles. The van der Waals surface area contributed by atoms with Crippen LogP contribution in [0.2, 0.25) is 0 Å². The van der Waals surface area contributed by atoms with Gasteiger partial charge in [-0.2, -0.15) is 6.54 Å². The molecule has 0 aromatic carbocycles. The summed E-state index contributed by atoms with van der Waals surface area (Å²) < 4.78 is 0. The molecular formula is C3H8NNb-. The molecule has 0 fully saturated rings. The van der Waals surface area contributed by atoms with Crippen molar-refractivity contribution < 1.29 is 22.4 Å². The molecule has 0 rings (SSSR count). The van der Waals surface area contributed by atoms with Crippen LogP contribution in [0.5, 0.6) is 0 Å². The standard InChI is InChI=1S/C3H8N.Nb/c1-2-3-4;/h4H,2-3H2,1H3;/q-1;. The molecule has 0 spiro atoms. The van der Waals surface area contributed by atoms with Gasteiger partial charge in [-0.05, 0) is 0 Å². The Morgan fingerprint density at radius 3 is 1.80 bits per heavy atom. The quantitative estimate of drug-likeness (QED) is 0.506. The zero-order valence-corrected chi connectivity index (χ0v) is 5.56. The van der Waals surface area contributed by atoms with E-state index in [2.05, 4.69) is 0 Å². The Labute approximate surface area is 48.4 Å². The van der Waals surface area contributed by atoms with Gasteiger partial charge in [0, 0.05) is 22.4 Å². The summed E-state index contributed by atoms with van der Waals surface area (Å²) in [6.45, 7) is 2.56. The Bertz CT molecular complexity index is 8.85. The van der Waals surface area contributed by atoms with Gasteiger partial charge in [-0.25, -0.2) is 0 Å². The number of hydrogen-bond donors (Lipinski definition) is 0. The summed E-state index contributed by atoms with van der Waals surface area (Å²) in [5.74, 6) is 0. The van der Waals surface area contributed by atoms with Crippen LogP contribution in [0.15, 0.2) is 0 Å². The van der Waals surface area contributed by atoms with Gasteiger partial charge in [0.05, 0.1) is 0 Å². The molecule has 2 heteroatoms. The molecule has 0 unspecified atom stereocenters. The van der Waals surface area contributed by atoms with Crippen molar-refractivity contribution in [2.75, 3.05) is 6.54 Å². The first-order valence-electron chi connectivity index (χ1n) is 1.56. The Morgan fingerprint density at radius 2 is 1.80 bits per heavy atom. The molecule has 1 nitrogen and oxygen atoms in total. The fourth-order valence-corrected chi connectivity index (χ4v) is 0. The Morgan fingerprint density at radius 1 is 1.60 bits per heavy atom. The average Bonchev–Trinajstić information content (AvgIpc) is 1.37. The van der Waals surface area contributed by atoms with Crippen LogP contribution in [0.3, 0.4) is 0 Å². The van der Waals surface area contributed by atoms with Gasteiger partial charge in [-0.3, -0.25) is 0 Å². The van der Waals surface area contributed by atoms with Gasteiger partial charge in [0.25, 0.3) is 0 Å². The fourth-order valence-electron chi connectivity index (χ4n) is 0. The smallest absolute Gasteiger partial charge is 0 e. The van der Waals surface area contributed by atoms with Gasteiger partial charge < -0.3 is 5.73 Å². The largest absolute Gasteiger partial charge is 0.677 e. The Kier molecular flexibility index (Phi) is 16.2. The molecule has 0 saturated heterocycles. The van der Waals surface area contributed by atoms with Crippen molar-refractivity contribution in [2.45, 2.75) is 13.3 Å². The molecule has 0 aliphatic heterocycles. The van der Waals surface area contributed by atoms with Crippen LogP contribution in [0, 0.1) is 0 Å². The van der Waals surface area contributed by atoms with E-state index in [4.69, 9.17) is 5.73 Å². The number of nitrogens with one attached hydrogen (secondary N) is 1. The van der Waals surface area contributed by atoms with Crippen LogP contribution >= 0.6 is 0 Å². The summed E-state index contributed by atoms with van der Waals surface area (Å²) in [7, 11) is 0. The molecule has 31 valence electrons. The van der Waals surface area contributed by atoms with E-state index in [0.717, 1.165) is 6.42 Å². The van der Waals surface area contributed by atoms with Crippen molar-refractivity contribution in [3.63, 3.8) is 0 Å². The van der Waals surface area contributed by atoms with Crippen molar-refractivity contribution in [2.24, 2.45) is 0 Å². The van der Waals surface area contributed by atoms with Gasteiger partial charge in [0.2, 0.25) is 0 Å². The molecule has 0 aromatic heterocycles. The van der Waals surface area contributed by atoms with E-state index in [0.29, 0.717) is 6.54 Å². The third kappa shape index (κ3) is 11.9. The van der Waals surface area contributed by atoms with Crippen molar-refractivity contribution in [3.05, 3.63) is 5.73 Å². The monoisotopic (exact) mass is 151 g/mol. The molecule has 0 aliphatic rings. The van der Waals surface area contributed by atoms with Crippen LogP contribution < -0.4 is 0 Å². The van der Waals surface area contributed by atoms with E-state index in [1.54, 1.807) is 0 Å². The number of hydrogen-bond acceptors (Lipinski definition) is 0. The molecule has 0 amide bonds. The van der Waals surface area contributed by atoms with Crippen LogP contribution in [0.4, 0.5) is 0 Å². The second-order valence-electron chi connectivity index (χ2n) is 0.750. The zero-order chi connectivity index (χ0) is 3.41. The average molecular weight is 151 g/mol. The van der Waals surface area contributed by atoms with E-state index < -0.39 is 0 Å². The van der Waals surface area contributed by atoms with E-state index in [1.165, 1.54) is 0 Å². The van der Waals surface area contributed by atoms with Gasteiger partial charge in [-0.1, -0.05) is 13.3 Å². The SMILES string of the molecule is CCC[NH-].[Nb]. The van der Waals surface area contributed by atoms with E-state index in [1.807, 2.05) is 6.92 Å². The third-order valence-electron chi connectivity index (χ3n) is 0.250. The maximum Gasteiger partial charge on any atom is 0 e. The maximum absolute atomic E-state index is 6.45. The van der Waals surface area contributed by atoms with Gasteiger partial charge in [-0.15, -0.1) is 0 Å². The number of rotatable bonds is 1. The molecule has 1 radical (unpaired) electrons. The first kappa shape index (κ1) is 9.20. The van der Waals surface area contributed by atoms with Gasteiger partial charge in [0.1, 0.15) is 0 Å². The second-order valence-corrected chi connectivity index (χ2v) is 0.750. The van der Waals surface area contributed by atoms with Crippen LogP contribution in [-0.2, 0) is 22.4 Å². The minimum atomic E-state index is 0. The van der Waals surface area contributed by atoms with Crippen molar-refractivity contribution in [1.29, 1.82) is 0 Å². The predicted octanol–water partition coefficient (Wildman–Crippen LogP) is 1.45. The predicted molar refractivity (Wildman–Crippen MR) is 19.5 cm³/mol. The van der Waals surface area contributed by atoms with Crippen molar-refractivity contribution in [1.82, 2.24) is 0 Å². The molecule has 1 N–H and O–H groups in total. The Hall–Kier alpha value is 0.700. The minimum Gasteiger partial charge on any atom is -0.677 e. The first-order valence-corrected chi connectivity index (χ1v) is 1.56. The summed E-state index contributed by atoms with van der Waals surface area (Å²) in [6.07, 6.45) is 0.986. The van der Waals surface area contributed by atoms with Gasteiger partial charge in [0.15, 0.2) is 0 Å². The van der Waals surface area contributed by atoms with E-state index >= 15 is 0 Å². The molecule has 0 saturated carbocycles. The first-order chi connectivity index (χ1) is 1.91. The molecule has 0 aliphatic carbocycles. The molecular weight excluding hydrogens is 143 g/mol. The normalized spacial score (nSPS) is 6.00. The van der Waals surface area contributed by atoms with Crippen LogP contribution in [0.25, 0.3) is 5.73 Å². The second kappa shape index (κ2) is 8.83. The zero-order valence-electron chi connectivity index (χ0n) is 3.36. The van der Waals surface area contributed by atoms with Crippen molar-refractivity contribution >= 4 is 0 Å². The van der Waals surface area contributed by atoms with E-state index in [9.17, 15) is 0 Å². The minimum absolute atomic E-state index is 0. The molecule has 5 heavy (non-hydrogen) atoms. The summed E-state index contributed by atoms with van der Waals surface area (Å²) in [5.41, 5.74) is 6.45. The van der Waals surface area contributed by atoms with Crippen LogP contribution in [-0.4, -0.2) is 6.54 Å². The summed E-state index contributed by atoms with van der Waals surface area (Å²) in [4.78, 5) is 0. The molecule has 0 aromatic rings. The van der Waals surface area contributed by atoms with Crippen LogP contribution in [0.1, 0.15) is 13.3 Å². The fraction of sp³-hybridized carbons (Fsp3) is 1.00. The van der Waals surface area contributed by atoms with Gasteiger partial charge >= 0.3 is 0 Å². The summed E-state index contributed by atoms with van der Waals surface area (Å²) >= 11 is 0. The maximum atomic E-state index is 6.45. The van der Waals surface area contributed by atoms with Crippen molar-refractivity contribution in [3.8, 4) is 0 Å². The Balaban J connectivity index is 0. The topological polar surface area (TPSA) is 23.8 Å². The third-order valence-corrected chi connectivity index (χ3v) is 0.250. The van der Waals surface area contributed by atoms with E-state index in [-0.39, 0.29) is 22.4 Å². The molecule has 0 atom stereocenters. The summed E-state index contributed by atoms with van der Waals surface area (Å²) in [6, 6.07) is 0. The molecule has 0 bridgehead atoms. The summed E-state index contributed by atoms with van der Waals surface area (Å²) in [5, 5.41) is 0.